The van der Waals surface area contributed by atoms with E-state index in [1.54, 1.807) is 7.11 Å². The van der Waals surface area contributed by atoms with E-state index in [9.17, 15) is 4.79 Å². The summed E-state index contributed by atoms with van der Waals surface area (Å²) < 4.78 is 11.0. The summed E-state index contributed by atoms with van der Waals surface area (Å²) >= 11 is 0. The first-order chi connectivity index (χ1) is 11.6. The molecule has 2 saturated heterocycles. The average Bonchev–Trinajstić information content (AvgIpc) is 2.93. The molecule has 3 rings (SSSR count). The van der Waals surface area contributed by atoms with Gasteiger partial charge in [0.15, 0.2) is 0 Å². The van der Waals surface area contributed by atoms with Crippen molar-refractivity contribution in [1.82, 2.24) is 10.2 Å². The molecule has 0 radical (unpaired) electrons. The Kier molecular flexibility index (Phi) is 5.41. The first kappa shape index (κ1) is 17.2. The van der Waals surface area contributed by atoms with Crippen LogP contribution in [0.4, 0.5) is 4.79 Å². The molecule has 2 aliphatic rings. The predicted molar refractivity (Wildman–Crippen MR) is 92.8 cm³/mol. The molecule has 5 nitrogen and oxygen atoms in total. The number of rotatable bonds is 4. The van der Waals surface area contributed by atoms with Crippen molar-refractivity contribution in [3.63, 3.8) is 0 Å². The minimum Gasteiger partial charge on any atom is -0.384 e. The van der Waals surface area contributed by atoms with Crippen molar-refractivity contribution in [1.29, 1.82) is 0 Å². The normalized spacial score (nSPS) is 22.8. The maximum atomic E-state index is 12.6. The molecule has 2 fully saturated rings. The average molecular weight is 332 g/mol. The lowest BCUT2D eigenvalue weighted by Crippen LogP contribution is -2.41. The predicted octanol–water partition coefficient (Wildman–Crippen LogP) is 2.58. The van der Waals surface area contributed by atoms with Crippen molar-refractivity contribution in [3.8, 4) is 0 Å². The Bertz CT molecular complexity index is 552. The number of urea groups is 1. The minimum atomic E-state index is 0.0278. The zero-order chi connectivity index (χ0) is 17.0. The standard InChI is InChI=1S/C19H28N2O3/c1-15-3-5-16(6-4-15)11-20-18(22)21-12-17(13-23-2)19(14-21)7-9-24-10-8-19/h3-6,17H,7-14H2,1-2H3,(H,20,22). The summed E-state index contributed by atoms with van der Waals surface area (Å²) in [6, 6.07) is 8.30. The fraction of sp³-hybridized carbons (Fsp3) is 0.632. The van der Waals surface area contributed by atoms with E-state index in [-0.39, 0.29) is 11.4 Å². The van der Waals surface area contributed by atoms with E-state index < -0.39 is 0 Å². The van der Waals surface area contributed by atoms with Crippen LogP contribution in [0.1, 0.15) is 24.0 Å². The summed E-state index contributed by atoms with van der Waals surface area (Å²) in [5.41, 5.74) is 2.52. The van der Waals surface area contributed by atoms with Crippen molar-refractivity contribution in [3.05, 3.63) is 35.4 Å². The molecule has 2 aliphatic heterocycles. The molecule has 1 unspecified atom stereocenters. The molecule has 1 aromatic rings. The van der Waals surface area contributed by atoms with Crippen molar-refractivity contribution >= 4 is 6.03 Å². The molecular formula is C19H28N2O3. The van der Waals surface area contributed by atoms with Crippen LogP contribution < -0.4 is 5.32 Å². The maximum Gasteiger partial charge on any atom is 0.317 e. The van der Waals surface area contributed by atoms with Gasteiger partial charge in [0.1, 0.15) is 0 Å². The molecule has 5 heteroatoms. The highest BCUT2D eigenvalue weighted by Crippen LogP contribution is 2.44. The minimum absolute atomic E-state index is 0.0278. The number of amides is 2. The van der Waals surface area contributed by atoms with E-state index in [1.807, 2.05) is 4.90 Å². The Labute approximate surface area is 144 Å². The number of carbonyl (C=O) groups excluding carboxylic acids is 1. The quantitative estimate of drug-likeness (QED) is 0.922. The van der Waals surface area contributed by atoms with Gasteiger partial charge in [-0.05, 0) is 30.7 Å². The van der Waals surface area contributed by atoms with Gasteiger partial charge in [-0.25, -0.2) is 4.79 Å². The van der Waals surface area contributed by atoms with Gasteiger partial charge in [-0.3, -0.25) is 0 Å². The highest BCUT2D eigenvalue weighted by atomic mass is 16.5. The number of methoxy groups -OCH3 is 1. The third-order valence-corrected chi connectivity index (χ3v) is 5.52. The zero-order valence-electron chi connectivity index (χ0n) is 14.7. The van der Waals surface area contributed by atoms with E-state index in [0.29, 0.717) is 19.1 Å². The SMILES string of the molecule is COCC1CN(C(=O)NCc2ccc(C)cc2)CC12CCOCC2. The summed E-state index contributed by atoms with van der Waals surface area (Å²) in [7, 11) is 1.74. The Morgan fingerprint density at radius 1 is 1.33 bits per heavy atom. The van der Waals surface area contributed by atoms with Crippen molar-refractivity contribution in [2.24, 2.45) is 11.3 Å². The molecule has 0 bridgehead atoms. The van der Waals surface area contributed by atoms with Crippen LogP contribution >= 0.6 is 0 Å². The molecule has 0 saturated carbocycles. The Balaban J connectivity index is 1.59. The van der Waals surface area contributed by atoms with E-state index >= 15 is 0 Å². The topological polar surface area (TPSA) is 50.8 Å². The van der Waals surface area contributed by atoms with Crippen molar-refractivity contribution < 1.29 is 14.3 Å². The number of nitrogens with one attached hydrogen (secondary N) is 1. The number of likely N-dealkylation sites (tertiary alicyclic amines) is 1. The van der Waals surface area contributed by atoms with Gasteiger partial charge in [0.25, 0.3) is 0 Å². The molecule has 1 atom stereocenters. The number of nitrogens with zero attached hydrogens (tertiary/aromatic N) is 1. The van der Waals surface area contributed by atoms with Crippen LogP contribution in [0.25, 0.3) is 0 Å². The molecule has 0 aromatic heterocycles. The summed E-state index contributed by atoms with van der Waals surface area (Å²) in [6.45, 7) is 6.51. The zero-order valence-corrected chi connectivity index (χ0v) is 14.7. The summed E-state index contributed by atoms with van der Waals surface area (Å²) in [4.78, 5) is 14.6. The smallest absolute Gasteiger partial charge is 0.317 e. The second kappa shape index (κ2) is 7.53. The summed E-state index contributed by atoms with van der Waals surface area (Å²) in [5, 5.41) is 3.06. The van der Waals surface area contributed by atoms with Gasteiger partial charge in [-0.2, -0.15) is 0 Å². The van der Waals surface area contributed by atoms with Crippen molar-refractivity contribution in [2.45, 2.75) is 26.3 Å². The lowest BCUT2D eigenvalue weighted by atomic mass is 9.72. The van der Waals surface area contributed by atoms with Gasteiger partial charge in [-0.1, -0.05) is 29.8 Å². The Morgan fingerprint density at radius 2 is 2.04 bits per heavy atom. The van der Waals surface area contributed by atoms with E-state index in [0.717, 1.165) is 44.7 Å². The van der Waals surface area contributed by atoms with Gasteiger partial charge in [0, 0.05) is 45.9 Å². The fourth-order valence-corrected chi connectivity index (χ4v) is 3.96. The Hall–Kier alpha value is -1.59. The molecule has 1 aromatic carbocycles. The second-order valence-electron chi connectivity index (χ2n) is 7.15. The van der Waals surface area contributed by atoms with Gasteiger partial charge < -0.3 is 19.7 Å². The second-order valence-corrected chi connectivity index (χ2v) is 7.15. The molecule has 1 N–H and O–H groups in total. The lowest BCUT2D eigenvalue weighted by Gasteiger charge is -2.37. The van der Waals surface area contributed by atoms with Crippen LogP contribution in [0.3, 0.4) is 0 Å². The van der Waals surface area contributed by atoms with Crippen LogP contribution in [0.2, 0.25) is 0 Å². The first-order valence-electron chi connectivity index (χ1n) is 8.78. The number of ether oxygens (including phenoxy) is 2. The lowest BCUT2D eigenvalue weighted by molar-refractivity contribution is -0.0166. The highest BCUT2D eigenvalue weighted by Gasteiger charge is 2.48. The van der Waals surface area contributed by atoms with Crippen LogP contribution in [-0.2, 0) is 16.0 Å². The van der Waals surface area contributed by atoms with Crippen LogP contribution in [0, 0.1) is 18.3 Å². The molecule has 24 heavy (non-hydrogen) atoms. The van der Waals surface area contributed by atoms with E-state index in [1.165, 1.54) is 5.56 Å². The fourth-order valence-electron chi connectivity index (χ4n) is 3.96. The van der Waals surface area contributed by atoms with Crippen LogP contribution in [0.5, 0.6) is 0 Å². The Morgan fingerprint density at radius 3 is 2.71 bits per heavy atom. The van der Waals surface area contributed by atoms with Gasteiger partial charge in [0.05, 0.1) is 6.61 Å². The van der Waals surface area contributed by atoms with E-state index in [2.05, 4.69) is 36.5 Å². The number of carbonyl (C=O) groups is 1. The molecular weight excluding hydrogens is 304 g/mol. The molecule has 2 heterocycles. The number of benzene rings is 1. The van der Waals surface area contributed by atoms with E-state index in [4.69, 9.17) is 9.47 Å². The largest absolute Gasteiger partial charge is 0.384 e. The monoisotopic (exact) mass is 332 g/mol. The maximum absolute atomic E-state index is 12.6. The number of hydrogen-bond donors (Lipinski definition) is 1. The third-order valence-electron chi connectivity index (χ3n) is 5.52. The van der Waals surface area contributed by atoms with Gasteiger partial charge in [0.2, 0.25) is 0 Å². The number of hydrogen-bond acceptors (Lipinski definition) is 3. The summed E-state index contributed by atoms with van der Waals surface area (Å²) in [6.07, 6.45) is 2.03. The molecule has 1 spiro atoms. The van der Waals surface area contributed by atoms with Crippen LogP contribution in [0.15, 0.2) is 24.3 Å². The van der Waals surface area contributed by atoms with Crippen molar-refractivity contribution in [2.75, 3.05) is 40.0 Å². The first-order valence-corrected chi connectivity index (χ1v) is 8.78. The molecule has 132 valence electrons. The summed E-state index contributed by atoms with van der Waals surface area (Å²) in [5.74, 6) is 0.400. The molecule has 2 amide bonds. The number of aryl methyl sites for hydroxylation is 1. The molecule has 0 aliphatic carbocycles. The van der Waals surface area contributed by atoms with Gasteiger partial charge in [-0.15, -0.1) is 0 Å². The van der Waals surface area contributed by atoms with Crippen LogP contribution in [-0.4, -0.2) is 51.0 Å². The highest BCUT2D eigenvalue weighted by molar-refractivity contribution is 5.74. The van der Waals surface area contributed by atoms with Gasteiger partial charge >= 0.3 is 6.03 Å². The third kappa shape index (κ3) is 3.73.